The van der Waals surface area contributed by atoms with Crippen molar-refractivity contribution in [2.24, 2.45) is 0 Å². The number of nitro benzene ring substituents is 1. The number of non-ortho nitro benzene ring substituents is 1. The molecule has 3 aromatic carbocycles. The molecule has 11 nitrogen and oxygen atoms in total. The summed E-state index contributed by atoms with van der Waals surface area (Å²) in [5.74, 6) is 0.243. The fourth-order valence-electron chi connectivity index (χ4n) is 5.40. The lowest BCUT2D eigenvalue weighted by atomic mass is 9.73. The van der Waals surface area contributed by atoms with Crippen LogP contribution in [0.5, 0.6) is 5.75 Å². The van der Waals surface area contributed by atoms with Crippen LogP contribution in [0.3, 0.4) is 0 Å². The van der Waals surface area contributed by atoms with E-state index in [-0.39, 0.29) is 17.1 Å². The summed E-state index contributed by atoms with van der Waals surface area (Å²) in [5.41, 5.74) is 1.59. The van der Waals surface area contributed by atoms with Crippen molar-refractivity contribution >= 4 is 29.1 Å². The Morgan fingerprint density at radius 3 is 2.42 bits per heavy atom. The average Bonchev–Trinajstić information content (AvgIpc) is 3.44. The number of fused-ring (bicyclic) bond motifs is 3. The second-order valence-electron chi connectivity index (χ2n) is 10.5. The first-order valence-corrected chi connectivity index (χ1v) is 12.5. The van der Waals surface area contributed by atoms with Crippen LogP contribution < -0.4 is 15.0 Å². The second-order valence-corrected chi connectivity index (χ2v) is 10.5. The number of carbonyl (C=O) groups excluding carboxylic acids is 2. The van der Waals surface area contributed by atoms with E-state index in [1.807, 2.05) is 30.3 Å². The molecule has 2 aliphatic rings. The highest BCUT2D eigenvalue weighted by Gasteiger charge is 2.59. The molecular formula is C29H31N3O8. The van der Waals surface area contributed by atoms with Crippen LogP contribution in [0.25, 0.3) is 0 Å². The van der Waals surface area contributed by atoms with Gasteiger partial charge in [-0.3, -0.25) is 25.1 Å². The van der Waals surface area contributed by atoms with Crippen LogP contribution >= 0.6 is 0 Å². The van der Waals surface area contributed by atoms with Crippen LogP contribution in [0, 0.1) is 10.1 Å². The molecule has 0 spiro atoms. The molecule has 5 rings (SSSR count). The predicted molar refractivity (Wildman–Crippen MR) is 148 cm³/mol. The standard InChI is InChI=1S/C29H29N3O7.H2O/c1-28(2,3)39-27(34)30-19-11-14-24(37-4)22(17-19)29-15-16-38-26(29)31(23-8-6-5-7-21(23)29)25(33)18-9-12-20(13-10-18)32(35)36;/h5-14,17,26H,15-16H2,1-4H3,(H,30,34);1H2/t26-,29-;/m1./s1. The van der Waals surface area contributed by atoms with Gasteiger partial charge in [-0.1, -0.05) is 18.2 Å². The fourth-order valence-corrected chi connectivity index (χ4v) is 5.40. The summed E-state index contributed by atoms with van der Waals surface area (Å²) in [6.45, 7) is 5.75. The first-order valence-electron chi connectivity index (χ1n) is 12.5. The summed E-state index contributed by atoms with van der Waals surface area (Å²) in [7, 11) is 1.57. The van der Waals surface area contributed by atoms with Gasteiger partial charge in [-0.2, -0.15) is 0 Å². The smallest absolute Gasteiger partial charge is 0.412 e. The molecule has 0 radical (unpaired) electrons. The quantitative estimate of drug-likeness (QED) is 0.354. The Hall–Kier alpha value is -4.48. The molecule has 11 heteroatoms. The van der Waals surface area contributed by atoms with Gasteiger partial charge in [0, 0.05) is 28.9 Å². The van der Waals surface area contributed by atoms with Crippen molar-refractivity contribution in [2.75, 3.05) is 23.9 Å². The van der Waals surface area contributed by atoms with Crippen LogP contribution in [0.15, 0.2) is 66.7 Å². The highest BCUT2D eigenvalue weighted by molar-refractivity contribution is 6.08. The van der Waals surface area contributed by atoms with Gasteiger partial charge >= 0.3 is 6.09 Å². The van der Waals surface area contributed by atoms with Gasteiger partial charge in [-0.15, -0.1) is 0 Å². The number of hydrogen-bond donors (Lipinski definition) is 1. The zero-order chi connectivity index (χ0) is 27.9. The van der Waals surface area contributed by atoms with E-state index in [1.165, 1.54) is 24.3 Å². The minimum Gasteiger partial charge on any atom is -0.496 e. The van der Waals surface area contributed by atoms with Gasteiger partial charge in [0.1, 0.15) is 11.4 Å². The van der Waals surface area contributed by atoms with E-state index in [1.54, 1.807) is 44.9 Å². The topological polar surface area (TPSA) is 152 Å². The van der Waals surface area contributed by atoms with Crippen molar-refractivity contribution in [2.45, 2.75) is 44.4 Å². The molecule has 2 atom stereocenters. The lowest BCUT2D eigenvalue weighted by molar-refractivity contribution is -0.384. The number of nitro groups is 1. The molecule has 2 heterocycles. The Bertz CT molecular complexity index is 1450. The third-order valence-electron chi connectivity index (χ3n) is 6.94. The van der Waals surface area contributed by atoms with Crippen molar-refractivity contribution in [3.05, 3.63) is 93.5 Å². The van der Waals surface area contributed by atoms with E-state index in [0.29, 0.717) is 35.7 Å². The molecule has 40 heavy (non-hydrogen) atoms. The minimum atomic E-state index is -0.788. The zero-order valence-electron chi connectivity index (χ0n) is 22.6. The molecule has 3 aromatic rings. The van der Waals surface area contributed by atoms with Crippen LogP contribution in [0.1, 0.15) is 48.7 Å². The summed E-state index contributed by atoms with van der Waals surface area (Å²) < 4.78 is 17.4. The Morgan fingerprint density at radius 2 is 1.77 bits per heavy atom. The lowest BCUT2D eigenvalue weighted by Gasteiger charge is -2.33. The number of rotatable bonds is 5. The van der Waals surface area contributed by atoms with E-state index in [9.17, 15) is 19.7 Å². The van der Waals surface area contributed by atoms with E-state index in [4.69, 9.17) is 14.2 Å². The lowest BCUT2D eigenvalue weighted by Crippen LogP contribution is -2.45. The third-order valence-corrected chi connectivity index (χ3v) is 6.94. The number of nitrogens with one attached hydrogen (secondary N) is 1. The van der Waals surface area contributed by atoms with Gasteiger partial charge in [0.2, 0.25) is 0 Å². The van der Waals surface area contributed by atoms with E-state index in [0.717, 1.165) is 11.1 Å². The normalized spacial score (nSPS) is 19.2. The van der Waals surface area contributed by atoms with Gasteiger partial charge in [0.15, 0.2) is 6.23 Å². The molecule has 0 bridgehead atoms. The molecule has 1 fully saturated rings. The van der Waals surface area contributed by atoms with Crippen LogP contribution in [-0.4, -0.2) is 47.9 Å². The number of amides is 2. The molecule has 2 amide bonds. The van der Waals surface area contributed by atoms with E-state index in [2.05, 4.69) is 5.32 Å². The maximum Gasteiger partial charge on any atom is 0.412 e. The SMILES string of the molecule is COc1ccc(NC(=O)OC(C)(C)C)cc1[C@]12CCO[C@H]1N(C(=O)c1ccc([N+](=O)[O-])cc1)c1ccccc12.O. The molecular weight excluding hydrogens is 518 g/mol. The first-order chi connectivity index (χ1) is 18.5. The molecule has 0 saturated carbocycles. The van der Waals surface area contributed by atoms with Crippen molar-refractivity contribution in [1.82, 2.24) is 0 Å². The maximum atomic E-state index is 13.9. The molecule has 0 unspecified atom stereocenters. The van der Waals surface area contributed by atoms with Crippen molar-refractivity contribution in [1.29, 1.82) is 0 Å². The molecule has 0 aromatic heterocycles. The molecule has 0 aliphatic carbocycles. The third kappa shape index (κ3) is 4.85. The highest BCUT2D eigenvalue weighted by atomic mass is 16.6. The largest absolute Gasteiger partial charge is 0.496 e. The Balaban J connectivity index is 0.00000370. The maximum absolute atomic E-state index is 13.9. The van der Waals surface area contributed by atoms with E-state index >= 15 is 0 Å². The summed E-state index contributed by atoms with van der Waals surface area (Å²) in [5, 5.41) is 13.9. The van der Waals surface area contributed by atoms with Crippen molar-refractivity contribution in [3.8, 4) is 5.75 Å². The number of benzene rings is 3. The number of nitrogens with zero attached hydrogens (tertiary/aromatic N) is 2. The summed E-state index contributed by atoms with van der Waals surface area (Å²) in [6, 6.07) is 18.4. The number of ether oxygens (including phenoxy) is 3. The predicted octanol–water partition coefficient (Wildman–Crippen LogP) is 4.82. The average molecular weight is 550 g/mol. The molecule has 1 saturated heterocycles. The van der Waals surface area contributed by atoms with Crippen molar-refractivity contribution in [3.63, 3.8) is 0 Å². The van der Waals surface area contributed by atoms with Gasteiger partial charge in [-0.25, -0.2) is 4.79 Å². The fraction of sp³-hybridized carbons (Fsp3) is 0.310. The Kier molecular flexibility index (Phi) is 7.55. The monoisotopic (exact) mass is 549 g/mol. The Morgan fingerprint density at radius 1 is 1.07 bits per heavy atom. The van der Waals surface area contributed by atoms with Gasteiger partial charge in [0.05, 0.1) is 29.7 Å². The summed E-state index contributed by atoms with van der Waals surface area (Å²) in [4.78, 5) is 38.6. The molecule has 210 valence electrons. The molecule has 3 N–H and O–H groups in total. The van der Waals surface area contributed by atoms with Crippen LogP contribution in [-0.2, 0) is 14.9 Å². The summed E-state index contributed by atoms with van der Waals surface area (Å²) in [6.07, 6.45) is -0.731. The first kappa shape index (κ1) is 28.5. The molecule has 2 aliphatic heterocycles. The number of hydrogen-bond acceptors (Lipinski definition) is 7. The van der Waals surface area contributed by atoms with Crippen LogP contribution in [0.4, 0.5) is 21.9 Å². The summed E-state index contributed by atoms with van der Waals surface area (Å²) >= 11 is 0. The highest BCUT2D eigenvalue weighted by Crippen LogP contribution is 2.57. The Labute approximate surface area is 231 Å². The second kappa shape index (κ2) is 10.6. The van der Waals surface area contributed by atoms with Gasteiger partial charge < -0.3 is 19.7 Å². The number of anilines is 2. The van der Waals surface area contributed by atoms with Gasteiger partial charge in [0.25, 0.3) is 11.6 Å². The zero-order valence-corrected chi connectivity index (χ0v) is 22.6. The van der Waals surface area contributed by atoms with Crippen LogP contribution in [0.2, 0.25) is 0 Å². The number of carbonyl (C=O) groups is 2. The van der Waals surface area contributed by atoms with E-state index < -0.39 is 28.3 Å². The number of methoxy groups -OCH3 is 1. The van der Waals surface area contributed by atoms with Crippen molar-refractivity contribution < 1.29 is 34.2 Å². The number of para-hydroxylation sites is 1. The van der Waals surface area contributed by atoms with Gasteiger partial charge in [-0.05, 0) is 69.2 Å². The minimum absolute atomic E-state index is 0.